The lowest BCUT2D eigenvalue weighted by Gasteiger charge is -2.34. The fraction of sp³-hybridized carbons (Fsp3) is 0.348. The number of imidazole rings is 1. The second-order valence-corrected chi connectivity index (χ2v) is 9.20. The summed E-state index contributed by atoms with van der Waals surface area (Å²) < 4.78 is 1.65. The average molecular weight is 474 g/mol. The zero-order valence-electron chi connectivity index (χ0n) is 17.0. The van der Waals surface area contributed by atoms with Gasteiger partial charge in [-0.3, -0.25) is 14.0 Å². The van der Waals surface area contributed by atoms with Gasteiger partial charge >= 0.3 is 5.97 Å². The predicted octanol–water partition coefficient (Wildman–Crippen LogP) is 4.02. The van der Waals surface area contributed by atoms with E-state index in [1.807, 2.05) is 12.1 Å². The van der Waals surface area contributed by atoms with Crippen molar-refractivity contribution in [3.05, 3.63) is 63.5 Å². The maximum atomic E-state index is 13.7. The van der Waals surface area contributed by atoms with Gasteiger partial charge in [-0.05, 0) is 48.9 Å². The summed E-state index contributed by atoms with van der Waals surface area (Å²) in [5.74, 6) is -1.19. The molecule has 1 aromatic carbocycles. The van der Waals surface area contributed by atoms with Crippen molar-refractivity contribution >= 4 is 46.3 Å². The standard InChI is InChI=1S/C23H21Cl2N3O4/c24-15-4-1-3-13(12-6-7-12)18(15)20(30)22-26-21(19-16(25)5-2-9-28(19)22)27-10-8-14(23(31)32)17(29)11-27/h1-5,9,12,14,17,29H,6-8,10-11H2,(H,31,32)/t14-,17+/m1/s1. The third-order valence-corrected chi connectivity index (χ3v) is 6.91. The first kappa shape index (κ1) is 21.2. The molecule has 3 aromatic rings. The Bertz CT molecular complexity index is 1240. The highest BCUT2D eigenvalue weighted by Crippen LogP contribution is 2.44. The number of benzene rings is 1. The summed E-state index contributed by atoms with van der Waals surface area (Å²) in [6, 6.07) is 8.94. The van der Waals surface area contributed by atoms with E-state index in [1.54, 1.807) is 33.7 Å². The number of aliphatic hydroxyl groups excluding tert-OH is 1. The number of ketones is 1. The molecular formula is C23H21Cl2N3O4. The van der Waals surface area contributed by atoms with E-state index >= 15 is 0 Å². The number of anilines is 1. The molecule has 2 atom stereocenters. The van der Waals surface area contributed by atoms with Crippen LogP contribution in [0.3, 0.4) is 0 Å². The third-order valence-electron chi connectivity index (χ3n) is 6.29. The highest BCUT2D eigenvalue weighted by Gasteiger charge is 2.36. The van der Waals surface area contributed by atoms with Crippen LogP contribution in [0.1, 0.15) is 46.9 Å². The Hall–Kier alpha value is -2.61. The number of carbonyl (C=O) groups is 2. The number of aliphatic carboxylic acids is 1. The van der Waals surface area contributed by atoms with Crippen molar-refractivity contribution in [1.29, 1.82) is 0 Å². The number of nitrogens with zero attached hydrogens (tertiary/aromatic N) is 3. The Morgan fingerprint density at radius 1 is 1.06 bits per heavy atom. The van der Waals surface area contributed by atoms with Gasteiger partial charge < -0.3 is 15.1 Å². The van der Waals surface area contributed by atoms with Gasteiger partial charge in [0, 0.05) is 24.8 Å². The van der Waals surface area contributed by atoms with Gasteiger partial charge in [0.2, 0.25) is 5.78 Å². The van der Waals surface area contributed by atoms with Crippen LogP contribution in [0.5, 0.6) is 0 Å². The number of carboxylic acid groups (broad SMARTS) is 1. The van der Waals surface area contributed by atoms with Gasteiger partial charge in [-0.1, -0.05) is 35.3 Å². The molecule has 32 heavy (non-hydrogen) atoms. The van der Waals surface area contributed by atoms with Crippen LogP contribution >= 0.6 is 23.2 Å². The van der Waals surface area contributed by atoms with Crippen LogP contribution in [0.4, 0.5) is 5.82 Å². The summed E-state index contributed by atoms with van der Waals surface area (Å²) >= 11 is 13.0. The summed E-state index contributed by atoms with van der Waals surface area (Å²) in [5.41, 5.74) is 1.93. The van der Waals surface area contributed by atoms with Crippen LogP contribution in [-0.4, -0.2) is 50.5 Å². The van der Waals surface area contributed by atoms with E-state index in [9.17, 15) is 19.8 Å². The van der Waals surface area contributed by atoms with Crippen LogP contribution in [0.25, 0.3) is 5.52 Å². The largest absolute Gasteiger partial charge is 0.481 e. The molecular weight excluding hydrogens is 453 g/mol. The van der Waals surface area contributed by atoms with Crippen LogP contribution < -0.4 is 4.90 Å². The Kier molecular flexibility index (Phi) is 5.35. The molecule has 9 heteroatoms. The van der Waals surface area contributed by atoms with Crippen LogP contribution in [-0.2, 0) is 4.79 Å². The molecule has 1 saturated carbocycles. The summed E-state index contributed by atoms with van der Waals surface area (Å²) in [5, 5.41) is 20.5. The first-order valence-corrected chi connectivity index (χ1v) is 11.3. The van der Waals surface area contributed by atoms with Crippen molar-refractivity contribution in [2.24, 2.45) is 5.92 Å². The monoisotopic (exact) mass is 473 g/mol. The van der Waals surface area contributed by atoms with E-state index in [0.717, 1.165) is 18.4 Å². The third kappa shape index (κ3) is 3.54. The van der Waals surface area contributed by atoms with E-state index in [1.165, 1.54) is 0 Å². The Labute approximate surface area is 194 Å². The molecule has 3 heterocycles. The molecule has 2 N–H and O–H groups in total. The fourth-order valence-electron chi connectivity index (χ4n) is 4.50. The average Bonchev–Trinajstić information content (AvgIpc) is 3.53. The molecule has 2 aliphatic rings. The van der Waals surface area contributed by atoms with Gasteiger partial charge in [-0.25, -0.2) is 4.98 Å². The van der Waals surface area contributed by atoms with Crippen LogP contribution in [0.15, 0.2) is 36.5 Å². The molecule has 0 radical (unpaired) electrons. The van der Waals surface area contributed by atoms with Crippen molar-refractivity contribution in [3.63, 3.8) is 0 Å². The molecule has 1 saturated heterocycles. The number of aromatic nitrogens is 2. The van der Waals surface area contributed by atoms with Gasteiger partial charge in [-0.15, -0.1) is 0 Å². The number of β-amino-alcohol motifs (C(OH)–C–C–N with tert-alkyl or cyclic N) is 1. The first-order valence-electron chi connectivity index (χ1n) is 10.5. The molecule has 1 aliphatic heterocycles. The Morgan fingerprint density at radius 2 is 1.81 bits per heavy atom. The summed E-state index contributed by atoms with van der Waals surface area (Å²) in [7, 11) is 0. The number of carbonyl (C=O) groups excluding carboxylic acids is 1. The van der Waals surface area contributed by atoms with Crippen molar-refractivity contribution < 1.29 is 19.8 Å². The van der Waals surface area contributed by atoms with E-state index < -0.39 is 18.0 Å². The maximum absolute atomic E-state index is 13.7. The molecule has 0 bridgehead atoms. The number of hydrogen-bond donors (Lipinski definition) is 2. The predicted molar refractivity (Wildman–Crippen MR) is 121 cm³/mol. The highest BCUT2D eigenvalue weighted by atomic mass is 35.5. The van der Waals surface area contributed by atoms with Crippen molar-refractivity contribution in [3.8, 4) is 0 Å². The number of hydrogen-bond acceptors (Lipinski definition) is 5. The molecule has 166 valence electrons. The SMILES string of the molecule is O=C(c1c(Cl)cccc1C1CC1)c1nc(N2CC[C@@H](C(=O)O)[C@@H](O)C2)c2c(Cl)cccn12. The van der Waals surface area contributed by atoms with Crippen LogP contribution in [0.2, 0.25) is 10.0 Å². The number of rotatable bonds is 5. The molecule has 7 nitrogen and oxygen atoms in total. The summed E-state index contributed by atoms with van der Waals surface area (Å²) in [6.45, 7) is 0.459. The number of halogens is 2. The zero-order valence-corrected chi connectivity index (χ0v) is 18.6. The van der Waals surface area contributed by atoms with Crippen molar-refractivity contribution in [2.45, 2.75) is 31.3 Å². The molecule has 0 spiro atoms. The van der Waals surface area contributed by atoms with E-state index in [4.69, 9.17) is 23.2 Å². The van der Waals surface area contributed by atoms with Gasteiger partial charge in [0.15, 0.2) is 11.6 Å². The van der Waals surface area contributed by atoms with Crippen molar-refractivity contribution in [1.82, 2.24) is 9.38 Å². The van der Waals surface area contributed by atoms with Gasteiger partial charge in [-0.2, -0.15) is 0 Å². The zero-order chi connectivity index (χ0) is 22.6. The number of aliphatic hydroxyl groups is 1. The Morgan fingerprint density at radius 3 is 2.50 bits per heavy atom. The molecule has 1 aliphatic carbocycles. The Balaban J connectivity index is 1.60. The maximum Gasteiger partial charge on any atom is 0.309 e. The minimum atomic E-state index is -1.05. The lowest BCUT2D eigenvalue weighted by molar-refractivity contribution is -0.146. The summed E-state index contributed by atoms with van der Waals surface area (Å²) in [6.07, 6.45) is 2.98. The smallest absolute Gasteiger partial charge is 0.309 e. The number of fused-ring (bicyclic) bond motifs is 1. The molecule has 0 amide bonds. The fourth-order valence-corrected chi connectivity index (χ4v) is 5.02. The lowest BCUT2D eigenvalue weighted by atomic mass is 9.94. The second-order valence-electron chi connectivity index (χ2n) is 8.39. The second kappa shape index (κ2) is 8.06. The molecule has 2 fully saturated rings. The van der Waals surface area contributed by atoms with Gasteiger partial charge in [0.25, 0.3) is 0 Å². The molecule has 0 unspecified atom stereocenters. The topological polar surface area (TPSA) is 95.1 Å². The molecule has 5 rings (SSSR count). The summed E-state index contributed by atoms with van der Waals surface area (Å²) in [4.78, 5) is 31.5. The highest BCUT2D eigenvalue weighted by molar-refractivity contribution is 6.36. The van der Waals surface area contributed by atoms with E-state index in [-0.39, 0.29) is 24.6 Å². The van der Waals surface area contributed by atoms with Crippen LogP contribution in [0, 0.1) is 5.92 Å². The van der Waals surface area contributed by atoms with E-state index in [0.29, 0.717) is 39.4 Å². The number of carboxylic acids is 1. The van der Waals surface area contributed by atoms with Gasteiger partial charge in [0.1, 0.15) is 5.52 Å². The number of pyridine rings is 1. The minimum Gasteiger partial charge on any atom is -0.481 e. The quantitative estimate of drug-likeness (QED) is 0.543. The molecule has 2 aromatic heterocycles. The minimum absolute atomic E-state index is 0.0852. The normalized spacial score (nSPS) is 21.2. The lowest BCUT2D eigenvalue weighted by Crippen LogP contribution is -2.46. The van der Waals surface area contributed by atoms with E-state index in [2.05, 4.69) is 4.98 Å². The van der Waals surface area contributed by atoms with Gasteiger partial charge in [0.05, 0.1) is 22.1 Å². The van der Waals surface area contributed by atoms with Crippen molar-refractivity contribution in [2.75, 3.05) is 18.0 Å². The first-order chi connectivity index (χ1) is 15.4. The number of piperidine rings is 1.